The van der Waals surface area contributed by atoms with Gasteiger partial charge in [0.05, 0.1) is 0 Å². The molecule has 1 aliphatic rings. The molecule has 1 fully saturated rings. The Morgan fingerprint density at radius 2 is 1.29 bits per heavy atom. The van der Waals surface area contributed by atoms with Gasteiger partial charge in [0.1, 0.15) is 34.6 Å². The lowest BCUT2D eigenvalue weighted by Crippen LogP contribution is -2.25. The van der Waals surface area contributed by atoms with E-state index in [9.17, 15) is 26.3 Å². The molecule has 0 amide bonds. The molecular formula is C26H22F6OS. The van der Waals surface area contributed by atoms with Gasteiger partial charge in [0.2, 0.25) is 0 Å². The van der Waals surface area contributed by atoms with Crippen LogP contribution in [0.15, 0.2) is 48.5 Å². The number of hydrogen-bond acceptors (Lipinski definition) is 2. The molecule has 1 saturated carbocycles. The largest absolute Gasteiger partial charge is 0.432 e. The van der Waals surface area contributed by atoms with Crippen molar-refractivity contribution in [3.05, 3.63) is 88.5 Å². The zero-order valence-electron chi connectivity index (χ0n) is 18.2. The van der Waals surface area contributed by atoms with E-state index >= 15 is 0 Å². The molecule has 0 radical (unpaired) electrons. The summed E-state index contributed by atoms with van der Waals surface area (Å²) >= 11 is 4.50. The first-order chi connectivity index (χ1) is 16.0. The van der Waals surface area contributed by atoms with E-state index in [1.54, 1.807) is 12.1 Å². The summed E-state index contributed by atoms with van der Waals surface area (Å²) in [4.78, 5) is 0. The maximum Gasteiger partial charge on any atom is 0.432 e. The average molecular weight is 497 g/mol. The predicted molar refractivity (Wildman–Crippen MR) is 121 cm³/mol. The van der Waals surface area contributed by atoms with Crippen LogP contribution in [0.1, 0.15) is 48.3 Å². The smallest absolute Gasteiger partial charge is 0.429 e. The minimum absolute atomic E-state index is 0.0765. The summed E-state index contributed by atoms with van der Waals surface area (Å²) in [6, 6.07) is 9.77. The molecular weight excluding hydrogens is 474 g/mol. The Morgan fingerprint density at radius 3 is 1.82 bits per heavy atom. The highest BCUT2D eigenvalue weighted by Gasteiger charge is 2.41. The molecule has 3 aromatic carbocycles. The highest BCUT2D eigenvalue weighted by molar-refractivity contribution is 7.80. The maximum atomic E-state index is 14.7. The Balaban J connectivity index is 1.58. The second-order valence-corrected chi connectivity index (χ2v) is 9.30. The minimum atomic E-state index is -4.50. The third kappa shape index (κ3) is 5.06. The average Bonchev–Trinajstić information content (AvgIpc) is 2.77. The van der Waals surface area contributed by atoms with Crippen LogP contribution in [-0.2, 0) is 6.11 Å². The third-order valence-electron chi connectivity index (χ3n) is 6.25. The van der Waals surface area contributed by atoms with Gasteiger partial charge in [-0.2, -0.15) is 21.4 Å². The SMILES string of the molecule is Cc1c(F)cc(OC(F)(F)c2c(F)cc(-c3ccc(C4CCC(S)CC4)cc3)cc2F)cc1F. The van der Waals surface area contributed by atoms with Crippen LogP contribution < -0.4 is 4.74 Å². The van der Waals surface area contributed by atoms with Gasteiger partial charge in [-0.15, -0.1) is 0 Å². The molecule has 0 N–H and O–H groups in total. The molecule has 0 spiro atoms. The first-order valence-corrected chi connectivity index (χ1v) is 11.4. The lowest BCUT2D eigenvalue weighted by molar-refractivity contribution is -0.189. The highest BCUT2D eigenvalue weighted by atomic mass is 32.1. The normalized spacial score (nSPS) is 18.7. The summed E-state index contributed by atoms with van der Waals surface area (Å²) in [6.07, 6.45) is -0.446. The van der Waals surface area contributed by atoms with Crippen LogP contribution in [0.2, 0.25) is 0 Å². The Hall–Kier alpha value is -2.61. The molecule has 0 aromatic heterocycles. The van der Waals surface area contributed by atoms with Gasteiger partial charge in [-0.3, -0.25) is 0 Å². The van der Waals surface area contributed by atoms with E-state index in [-0.39, 0.29) is 5.56 Å². The maximum absolute atomic E-state index is 14.7. The molecule has 1 nitrogen and oxygen atoms in total. The Bertz CT molecular complexity index is 1140. The van der Waals surface area contributed by atoms with Crippen LogP contribution in [0.25, 0.3) is 11.1 Å². The summed E-state index contributed by atoms with van der Waals surface area (Å²) < 4.78 is 90.2. The van der Waals surface area contributed by atoms with Crippen LogP contribution in [-0.4, -0.2) is 5.25 Å². The van der Waals surface area contributed by atoms with E-state index in [0.29, 0.717) is 28.9 Å². The van der Waals surface area contributed by atoms with Gasteiger partial charge < -0.3 is 4.74 Å². The molecule has 8 heteroatoms. The van der Waals surface area contributed by atoms with Gasteiger partial charge in [-0.05, 0) is 67.3 Å². The van der Waals surface area contributed by atoms with E-state index < -0.39 is 46.3 Å². The van der Waals surface area contributed by atoms with Crippen LogP contribution in [0.4, 0.5) is 26.3 Å². The summed E-state index contributed by atoms with van der Waals surface area (Å²) in [5.74, 6) is -5.82. The molecule has 4 rings (SSSR count). The van der Waals surface area contributed by atoms with Crippen molar-refractivity contribution in [2.75, 3.05) is 0 Å². The topological polar surface area (TPSA) is 9.23 Å². The molecule has 3 aromatic rings. The van der Waals surface area contributed by atoms with Crippen molar-refractivity contribution in [3.8, 4) is 16.9 Å². The van der Waals surface area contributed by atoms with Crippen LogP contribution in [0.5, 0.6) is 5.75 Å². The summed E-state index contributed by atoms with van der Waals surface area (Å²) in [5, 5.41) is 0.408. The van der Waals surface area contributed by atoms with Crippen molar-refractivity contribution in [2.24, 2.45) is 0 Å². The molecule has 180 valence electrons. The van der Waals surface area contributed by atoms with Gasteiger partial charge in [-0.25, -0.2) is 17.6 Å². The molecule has 0 aliphatic heterocycles. The second-order valence-electron chi connectivity index (χ2n) is 8.57. The van der Waals surface area contributed by atoms with Crippen LogP contribution in [0.3, 0.4) is 0 Å². The number of benzene rings is 3. The lowest BCUT2D eigenvalue weighted by Gasteiger charge is -2.26. The molecule has 0 heterocycles. The Kier molecular flexibility index (Phi) is 6.90. The van der Waals surface area contributed by atoms with Gasteiger partial charge >= 0.3 is 6.11 Å². The number of halogens is 6. The zero-order chi connectivity index (χ0) is 24.6. The van der Waals surface area contributed by atoms with Crippen LogP contribution >= 0.6 is 12.6 Å². The molecule has 0 unspecified atom stereocenters. The Labute approximate surface area is 199 Å². The fraction of sp³-hybridized carbons (Fsp3) is 0.308. The van der Waals surface area contributed by atoms with Crippen molar-refractivity contribution in [1.29, 1.82) is 0 Å². The fourth-order valence-electron chi connectivity index (χ4n) is 4.25. The molecule has 1 aliphatic carbocycles. The highest BCUT2D eigenvalue weighted by Crippen LogP contribution is 2.39. The lowest BCUT2D eigenvalue weighted by atomic mass is 9.83. The van der Waals surface area contributed by atoms with E-state index in [2.05, 4.69) is 17.4 Å². The summed E-state index contributed by atoms with van der Waals surface area (Å²) in [7, 11) is 0. The third-order valence-corrected chi connectivity index (χ3v) is 6.76. The first-order valence-electron chi connectivity index (χ1n) is 10.9. The van der Waals surface area contributed by atoms with Crippen molar-refractivity contribution in [1.82, 2.24) is 0 Å². The Morgan fingerprint density at radius 1 is 0.765 bits per heavy atom. The van der Waals surface area contributed by atoms with E-state index in [1.165, 1.54) is 0 Å². The quantitative estimate of drug-likeness (QED) is 0.276. The standard InChI is InChI=1S/C26H22F6OS/c1-14-21(27)12-19(13-22(14)28)33-26(31,32)25-23(29)10-18(11-24(25)30)17-4-2-15(3-5-17)16-6-8-20(34)9-7-16/h2-5,10-13,16,20,34H,6-9H2,1H3. The van der Waals surface area contributed by atoms with E-state index in [4.69, 9.17) is 0 Å². The minimum Gasteiger partial charge on any atom is -0.429 e. The van der Waals surface area contributed by atoms with Gasteiger partial charge in [0.25, 0.3) is 0 Å². The van der Waals surface area contributed by atoms with Crippen molar-refractivity contribution >= 4 is 12.6 Å². The molecule has 0 bridgehead atoms. The van der Waals surface area contributed by atoms with Crippen molar-refractivity contribution in [3.63, 3.8) is 0 Å². The number of alkyl halides is 2. The second kappa shape index (κ2) is 9.56. The molecule has 34 heavy (non-hydrogen) atoms. The van der Waals surface area contributed by atoms with Gasteiger partial charge in [0.15, 0.2) is 0 Å². The van der Waals surface area contributed by atoms with Gasteiger partial charge in [-0.1, -0.05) is 24.3 Å². The predicted octanol–water partition coefficient (Wildman–Crippen LogP) is 8.30. The van der Waals surface area contributed by atoms with Gasteiger partial charge in [0, 0.05) is 22.9 Å². The van der Waals surface area contributed by atoms with Crippen molar-refractivity contribution < 1.29 is 31.1 Å². The molecule has 0 saturated heterocycles. The first kappa shape index (κ1) is 24.5. The summed E-state index contributed by atoms with van der Waals surface area (Å²) in [5.41, 5.74) is -0.384. The van der Waals surface area contributed by atoms with Crippen LogP contribution in [0, 0.1) is 30.2 Å². The summed E-state index contributed by atoms with van der Waals surface area (Å²) in [6.45, 7) is 1.11. The fourth-order valence-corrected chi connectivity index (χ4v) is 4.55. The number of rotatable bonds is 5. The number of hydrogen-bond donors (Lipinski definition) is 1. The number of ether oxygens (including phenoxy) is 1. The van der Waals surface area contributed by atoms with E-state index in [1.807, 2.05) is 12.1 Å². The number of thiol groups is 1. The monoisotopic (exact) mass is 496 g/mol. The van der Waals surface area contributed by atoms with Crippen molar-refractivity contribution in [2.45, 2.75) is 49.9 Å². The molecule has 0 atom stereocenters. The van der Waals surface area contributed by atoms with E-state index in [0.717, 1.165) is 50.3 Å². The zero-order valence-corrected chi connectivity index (χ0v) is 19.1.